The molecule has 0 N–H and O–H groups in total. The first-order chi connectivity index (χ1) is 14.8. The molecule has 0 saturated carbocycles. The predicted molar refractivity (Wildman–Crippen MR) is 115 cm³/mol. The van der Waals surface area contributed by atoms with Gasteiger partial charge in [-0.15, -0.1) is 0 Å². The molecule has 162 valence electrons. The summed E-state index contributed by atoms with van der Waals surface area (Å²) in [7, 11) is 0. The Morgan fingerprint density at radius 2 is 1.84 bits per heavy atom. The van der Waals surface area contributed by atoms with Gasteiger partial charge in [0.25, 0.3) is 11.6 Å². The van der Waals surface area contributed by atoms with E-state index >= 15 is 0 Å². The van der Waals surface area contributed by atoms with Crippen molar-refractivity contribution in [1.29, 1.82) is 0 Å². The zero-order chi connectivity index (χ0) is 22.3. The van der Waals surface area contributed by atoms with Crippen molar-refractivity contribution in [2.45, 2.75) is 33.6 Å². The fourth-order valence-corrected chi connectivity index (χ4v) is 3.88. The van der Waals surface area contributed by atoms with Gasteiger partial charge in [0.15, 0.2) is 5.78 Å². The van der Waals surface area contributed by atoms with Crippen molar-refractivity contribution in [3.63, 3.8) is 0 Å². The number of carbonyl (C=O) groups excluding carboxylic acids is 2. The Morgan fingerprint density at radius 3 is 2.45 bits per heavy atom. The molecule has 31 heavy (non-hydrogen) atoms. The van der Waals surface area contributed by atoms with Gasteiger partial charge < -0.3 is 14.3 Å². The molecule has 0 radical (unpaired) electrons. The largest absolute Gasteiger partial charge is 0.366 e. The number of carbonyl (C=O) groups is 2. The number of piperazine rings is 1. The van der Waals surface area contributed by atoms with E-state index in [1.165, 1.54) is 13.0 Å². The standard InChI is InChI=1S/C23H25FN4O3/c1-13(2)19-12-17(21-14(3)26-31-22(21)25-19)23(30)28-9-7-27(8-10-28)20-6-5-16(15(4)29)11-18(20)24/h5-6,11-13H,7-10H2,1-4H3. The number of anilines is 1. The molecule has 0 unspecified atom stereocenters. The van der Waals surface area contributed by atoms with Gasteiger partial charge in [0.2, 0.25) is 0 Å². The van der Waals surface area contributed by atoms with Crippen LogP contribution in [0.4, 0.5) is 10.1 Å². The molecule has 0 atom stereocenters. The predicted octanol–water partition coefficient (Wildman–Crippen LogP) is 3.96. The summed E-state index contributed by atoms with van der Waals surface area (Å²) in [6, 6.07) is 6.36. The third-order valence-corrected chi connectivity index (χ3v) is 5.72. The van der Waals surface area contributed by atoms with Gasteiger partial charge in [-0.3, -0.25) is 9.59 Å². The number of pyridine rings is 1. The number of Topliss-reactive ketones (excluding diaryl/α,β-unsaturated/α-hetero) is 1. The van der Waals surface area contributed by atoms with Crippen LogP contribution in [0.2, 0.25) is 0 Å². The van der Waals surface area contributed by atoms with Gasteiger partial charge in [-0.2, -0.15) is 0 Å². The molecule has 1 saturated heterocycles. The summed E-state index contributed by atoms with van der Waals surface area (Å²) in [6.07, 6.45) is 0. The van der Waals surface area contributed by atoms with E-state index in [0.717, 1.165) is 5.69 Å². The molecule has 2 aromatic heterocycles. The number of fused-ring (bicyclic) bond motifs is 1. The Morgan fingerprint density at radius 1 is 1.13 bits per heavy atom. The van der Waals surface area contributed by atoms with E-state index in [1.807, 2.05) is 24.8 Å². The van der Waals surface area contributed by atoms with Gasteiger partial charge in [-0.05, 0) is 44.0 Å². The second kappa shape index (κ2) is 8.09. The maximum absolute atomic E-state index is 14.5. The van der Waals surface area contributed by atoms with Gasteiger partial charge in [0, 0.05) is 37.4 Å². The van der Waals surface area contributed by atoms with Crippen LogP contribution in [-0.4, -0.2) is 52.9 Å². The minimum atomic E-state index is -0.426. The maximum Gasteiger partial charge on any atom is 0.259 e. The number of ketones is 1. The van der Waals surface area contributed by atoms with Crippen LogP contribution in [0.15, 0.2) is 28.8 Å². The van der Waals surface area contributed by atoms with E-state index < -0.39 is 5.82 Å². The minimum absolute atomic E-state index is 0.104. The zero-order valence-corrected chi connectivity index (χ0v) is 18.1. The lowest BCUT2D eigenvalue weighted by atomic mass is 10.0. The van der Waals surface area contributed by atoms with Crippen LogP contribution in [-0.2, 0) is 0 Å². The number of amides is 1. The highest BCUT2D eigenvalue weighted by Gasteiger charge is 2.27. The molecule has 1 aliphatic rings. The summed E-state index contributed by atoms with van der Waals surface area (Å²) in [5, 5.41) is 4.62. The molecule has 0 bridgehead atoms. The number of hydrogen-bond donors (Lipinski definition) is 0. The lowest BCUT2D eigenvalue weighted by molar-refractivity contribution is 0.0748. The number of hydrogen-bond acceptors (Lipinski definition) is 6. The van der Waals surface area contributed by atoms with E-state index in [2.05, 4.69) is 10.1 Å². The normalized spacial score (nSPS) is 14.5. The molecule has 0 spiro atoms. The second-order valence-electron chi connectivity index (χ2n) is 8.20. The molecule has 0 aliphatic carbocycles. The van der Waals surface area contributed by atoms with E-state index in [4.69, 9.17) is 4.52 Å². The third kappa shape index (κ3) is 3.89. The van der Waals surface area contributed by atoms with E-state index in [9.17, 15) is 14.0 Å². The maximum atomic E-state index is 14.5. The number of nitrogens with zero attached hydrogens (tertiary/aromatic N) is 4. The Kier molecular flexibility index (Phi) is 5.47. The molecular formula is C23H25FN4O3. The van der Waals surface area contributed by atoms with Crippen molar-refractivity contribution in [1.82, 2.24) is 15.0 Å². The SMILES string of the molecule is CC(=O)c1ccc(N2CCN(C(=O)c3cc(C(C)C)nc4onc(C)c34)CC2)c(F)c1. The third-order valence-electron chi connectivity index (χ3n) is 5.72. The fraction of sp³-hybridized carbons (Fsp3) is 0.391. The number of benzene rings is 1. The molecule has 4 rings (SSSR count). The fourth-order valence-electron chi connectivity index (χ4n) is 3.88. The average Bonchev–Trinajstić information content (AvgIpc) is 3.13. The molecule has 1 aromatic carbocycles. The van der Waals surface area contributed by atoms with Crippen LogP contribution in [0, 0.1) is 12.7 Å². The summed E-state index contributed by atoms with van der Waals surface area (Å²) in [4.78, 5) is 33.0. The van der Waals surface area contributed by atoms with Gasteiger partial charge in [0.05, 0.1) is 22.3 Å². The van der Waals surface area contributed by atoms with Gasteiger partial charge in [0.1, 0.15) is 5.82 Å². The molecular weight excluding hydrogens is 399 g/mol. The Labute approximate surface area is 179 Å². The van der Waals surface area contributed by atoms with E-state index in [-0.39, 0.29) is 17.6 Å². The highest BCUT2D eigenvalue weighted by atomic mass is 19.1. The number of rotatable bonds is 4. The Bertz CT molecular complexity index is 1160. The molecule has 8 heteroatoms. The molecule has 1 fully saturated rings. The Balaban J connectivity index is 1.55. The van der Waals surface area contributed by atoms with Crippen molar-refractivity contribution >= 4 is 28.5 Å². The van der Waals surface area contributed by atoms with E-state index in [1.54, 1.807) is 24.0 Å². The Hall–Kier alpha value is -3.29. The van der Waals surface area contributed by atoms with E-state index in [0.29, 0.717) is 59.8 Å². The summed E-state index contributed by atoms with van der Waals surface area (Å²) >= 11 is 0. The number of halogens is 1. The summed E-state index contributed by atoms with van der Waals surface area (Å²) in [5.74, 6) is -0.564. The van der Waals surface area contributed by atoms with Crippen molar-refractivity contribution in [3.05, 3.63) is 52.6 Å². The number of aromatic nitrogens is 2. The van der Waals surface area contributed by atoms with Crippen molar-refractivity contribution in [2.75, 3.05) is 31.1 Å². The van der Waals surface area contributed by atoms with Crippen LogP contribution in [0.5, 0.6) is 0 Å². The first kappa shape index (κ1) is 21.0. The molecule has 3 heterocycles. The smallest absolute Gasteiger partial charge is 0.259 e. The molecule has 1 aliphatic heterocycles. The highest BCUT2D eigenvalue weighted by Crippen LogP contribution is 2.27. The molecule has 3 aromatic rings. The number of aryl methyl sites for hydroxylation is 1. The first-order valence-electron chi connectivity index (χ1n) is 10.4. The lowest BCUT2D eigenvalue weighted by Crippen LogP contribution is -2.49. The zero-order valence-electron chi connectivity index (χ0n) is 18.1. The van der Waals surface area contributed by atoms with Crippen LogP contribution >= 0.6 is 0 Å². The van der Waals surface area contributed by atoms with Crippen LogP contribution in [0.1, 0.15) is 58.8 Å². The van der Waals surface area contributed by atoms with Gasteiger partial charge in [-0.25, -0.2) is 9.37 Å². The van der Waals surface area contributed by atoms with Gasteiger partial charge >= 0.3 is 0 Å². The molecule has 1 amide bonds. The average molecular weight is 424 g/mol. The summed E-state index contributed by atoms with van der Waals surface area (Å²) in [5.41, 5.74) is 3.11. The van der Waals surface area contributed by atoms with Gasteiger partial charge in [-0.1, -0.05) is 19.0 Å². The van der Waals surface area contributed by atoms with Crippen LogP contribution in [0.3, 0.4) is 0 Å². The van der Waals surface area contributed by atoms with Crippen molar-refractivity contribution < 1.29 is 18.5 Å². The topological polar surface area (TPSA) is 79.5 Å². The van der Waals surface area contributed by atoms with Crippen LogP contribution in [0.25, 0.3) is 11.1 Å². The summed E-state index contributed by atoms with van der Waals surface area (Å²) in [6.45, 7) is 9.13. The van der Waals surface area contributed by atoms with Crippen molar-refractivity contribution in [2.24, 2.45) is 0 Å². The highest BCUT2D eigenvalue weighted by molar-refractivity contribution is 6.06. The quantitative estimate of drug-likeness (QED) is 0.590. The van der Waals surface area contributed by atoms with Crippen molar-refractivity contribution in [3.8, 4) is 0 Å². The molecule has 7 nitrogen and oxygen atoms in total. The van der Waals surface area contributed by atoms with Crippen LogP contribution < -0.4 is 4.90 Å². The second-order valence-corrected chi connectivity index (χ2v) is 8.20. The first-order valence-corrected chi connectivity index (χ1v) is 10.4. The monoisotopic (exact) mass is 424 g/mol. The lowest BCUT2D eigenvalue weighted by Gasteiger charge is -2.36. The minimum Gasteiger partial charge on any atom is -0.366 e. The summed E-state index contributed by atoms with van der Waals surface area (Å²) < 4.78 is 19.8.